The summed E-state index contributed by atoms with van der Waals surface area (Å²) in [5.74, 6) is 1.20. The van der Waals surface area contributed by atoms with Gasteiger partial charge in [-0.3, -0.25) is 0 Å². The fourth-order valence-corrected chi connectivity index (χ4v) is 2.00. The summed E-state index contributed by atoms with van der Waals surface area (Å²) in [6, 6.07) is 1.93. The van der Waals surface area contributed by atoms with Gasteiger partial charge in [-0.05, 0) is 18.9 Å². The topological polar surface area (TPSA) is 37.9 Å². The van der Waals surface area contributed by atoms with Gasteiger partial charge in [-0.15, -0.1) is 0 Å². The number of hydrogen-bond donors (Lipinski definition) is 1. The highest BCUT2D eigenvalue weighted by atomic mass is 32.1. The molecule has 0 bridgehead atoms. The second-order valence-electron chi connectivity index (χ2n) is 5.89. The normalized spacial score (nSPS) is 13.9. The first kappa shape index (κ1) is 15.3. The van der Waals surface area contributed by atoms with Crippen molar-refractivity contribution < 1.29 is 4.74 Å². The molecule has 0 aliphatic heterocycles. The average molecular weight is 268 g/mol. The molecular weight excluding hydrogens is 244 g/mol. The Kier molecular flexibility index (Phi) is 5.05. The van der Waals surface area contributed by atoms with Crippen LogP contribution in [0.2, 0.25) is 0 Å². The van der Waals surface area contributed by atoms with E-state index in [0.717, 1.165) is 11.5 Å². The van der Waals surface area contributed by atoms with Gasteiger partial charge in [-0.1, -0.05) is 46.8 Å². The van der Waals surface area contributed by atoms with Gasteiger partial charge in [0.05, 0.1) is 0 Å². The smallest absolute Gasteiger partial charge is 0.137 e. The number of hydrogen-bond acceptors (Lipinski definition) is 3. The molecule has 0 saturated carbocycles. The maximum absolute atomic E-state index is 5.77. The molecule has 0 spiro atoms. The minimum Gasteiger partial charge on any atom is -0.370 e. The lowest BCUT2D eigenvalue weighted by molar-refractivity contribution is 0.0228. The van der Waals surface area contributed by atoms with Crippen LogP contribution in [0, 0.1) is 10.6 Å². The van der Waals surface area contributed by atoms with Gasteiger partial charge in [0.15, 0.2) is 0 Å². The molecule has 0 aromatic carbocycles. The van der Waals surface area contributed by atoms with Crippen LogP contribution in [0.3, 0.4) is 0 Å². The van der Waals surface area contributed by atoms with Crippen molar-refractivity contribution in [3.05, 3.63) is 22.2 Å². The van der Waals surface area contributed by atoms with Gasteiger partial charge < -0.3 is 9.72 Å². The minimum atomic E-state index is -0.0287. The lowest BCUT2D eigenvalue weighted by atomic mass is 9.92. The van der Waals surface area contributed by atoms with Crippen molar-refractivity contribution in [3.8, 4) is 0 Å². The molecule has 0 saturated heterocycles. The number of aromatic nitrogens is 2. The molecule has 0 fully saturated rings. The van der Waals surface area contributed by atoms with Gasteiger partial charge in [0.1, 0.15) is 16.6 Å². The van der Waals surface area contributed by atoms with Crippen LogP contribution in [0.1, 0.15) is 59.2 Å². The maximum Gasteiger partial charge on any atom is 0.137 e. The molecule has 1 N–H and O–H groups in total. The van der Waals surface area contributed by atoms with Gasteiger partial charge in [-0.2, -0.15) is 0 Å². The molecule has 1 aromatic rings. The van der Waals surface area contributed by atoms with Crippen molar-refractivity contribution in [3.63, 3.8) is 0 Å². The van der Waals surface area contributed by atoms with Crippen LogP contribution in [0.4, 0.5) is 0 Å². The number of nitrogens with zero attached hydrogens (tertiary/aromatic N) is 1. The summed E-state index contributed by atoms with van der Waals surface area (Å²) in [7, 11) is 0. The molecule has 1 rings (SSSR count). The molecule has 0 amide bonds. The van der Waals surface area contributed by atoms with Crippen LogP contribution in [-0.2, 0) is 10.2 Å². The van der Waals surface area contributed by atoms with E-state index in [1.54, 1.807) is 0 Å². The van der Waals surface area contributed by atoms with Gasteiger partial charge >= 0.3 is 0 Å². The molecule has 18 heavy (non-hydrogen) atoms. The predicted octanol–water partition coefficient (Wildman–Crippen LogP) is 4.17. The Balaban J connectivity index is 3.23. The number of ether oxygens (including phenoxy) is 1. The summed E-state index contributed by atoms with van der Waals surface area (Å²) < 4.78 is 6.40. The lowest BCUT2D eigenvalue weighted by Crippen LogP contribution is -2.20. The van der Waals surface area contributed by atoms with Crippen molar-refractivity contribution in [2.24, 2.45) is 5.92 Å². The van der Waals surface area contributed by atoms with Gasteiger partial charge in [0.25, 0.3) is 0 Å². The molecule has 102 valence electrons. The Hall–Kier alpha value is -0.740. The molecule has 3 nitrogen and oxygen atoms in total. The monoisotopic (exact) mass is 268 g/mol. The Morgan fingerprint density at radius 2 is 2.00 bits per heavy atom. The first-order valence-corrected chi connectivity index (χ1v) is 6.90. The first-order valence-electron chi connectivity index (χ1n) is 6.49. The summed E-state index contributed by atoms with van der Waals surface area (Å²) in [5.41, 5.74) is 1.13. The Morgan fingerprint density at radius 3 is 2.44 bits per heavy atom. The summed E-state index contributed by atoms with van der Waals surface area (Å²) in [6.45, 7) is 13.4. The fraction of sp³-hybridized carbons (Fsp3) is 0.714. The standard InChI is InChI=1S/C14H24N2OS/c1-7-17-12(9(2)3)13-15-10(14(4,5)6)8-11(18)16-13/h8-9,12H,7H2,1-6H3,(H,15,16,18). The molecule has 0 aliphatic carbocycles. The zero-order chi connectivity index (χ0) is 13.9. The van der Waals surface area contributed by atoms with Crippen molar-refractivity contribution in [2.75, 3.05) is 6.61 Å². The maximum atomic E-state index is 5.77. The predicted molar refractivity (Wildman–Crippen MR) is 77.3 cm³/mol. The van der Waals surface area contributed by atoms with Gasteiger partial charge in [0.2, 0.25) is 0 Å². The van der Waals surface area contributed by atoms with E-state index in [4.69, 9.17) is 17.0 Å². The third-order valence-corrected chi connectivity index (χ3v) is 3.00. The minimum absolute atomic E-state index is 0.0268. The van der Waals surface area contributed by atoms with Crippen LogP contribution in [0.25, 0.3) is 0 Å². The Bertz CT molecular complexity index is 446. The molecule has 0 aliphatic rings. The second-order valence-corrected chi connectivity index (χ2v) is 6.31. The van der Waals surface area contributed by atoms with E-state index in [1.807, 2.05) is 13.0 Å². The molecule has 0 radical (unpaired) electrons. The van der Waals surface area contributed by atoms with Crippen molar-refractivity contribution >= 4 is 12.2 Å². The second kappa shape index (κ2) is 5.93. The van der Waals surface area contributed by atoms with Crippen molar-refractivity contribution in [2.45, 2.75) is 53.1 Å². The van der Waals surface area contributed by atoms with Crippen molar-refractivity contribution in [1.29, 1.82) is 0 Å². The van der Waals surface area contributed by atoms with E-state index in [0.29, 0.717) is 17.2 Å². The summed E-state index contributed by atoms with van der Waals surface area (Å²) >= 11 is 5.26. The Morgan fingerprint density at radius 1 is 1.39 bits per heavy atom. The first-order chi connectivity index (χ1) is 8.25. The zero-order valence-electron chi connectivity index (χ0n) is 12.2. The van der Waals surface area contributed by atoms with E-state index in [1.165, 1.54) is 0 Å². The summed E-state index contributed by atoms with van der Waals surface area (Å²) in [6.07, 6.45) is -0.0287. The molecule has 1 atom stereocenters. The quantitative estimate of drug-likeness (QED) is 0.833. The van der Waals surface area contributed by atoms with E-state index < -0.39 is 0 Å². The van der Waals surface area contributed by atoms with Crippen LogP contribution in [0.15, 0.2) is 6.07 Å². The van der Waals surface area contributed by atoms with E-state index in [-0.39, 0.29) is 11.5 Å². The van der Waals surface area contributed by atoms with Crippen molar-refractivity contribution in [1.82, 2.24) is 9.97 Å². The number of rotatable bonds is 4. The SMILES string of the molecule is CCOC(c1nc(=S)cc(C(C)(C)C)[nH]1)C(C)C. The zero-order valence-corrected chi connectivity index (χ0v) is 13.0. The van der Waals surface area contributed by atoms with Crippen LogP contribution in [0.5, 0.6) is 0 Å². The molecule has 4 heteroatoms. The highest BCUT2D eigenvalue weighted by molar-refractivity contribution is 7.71. The molecule has 1 heterocycles. The average Bonchev–Trinajstić information content (AvgIpc) is 2.23. The van der Waals surface area contributed by atoms with Crippen LogP contribution < -0.4 is 0 Å². The lowest BCUT2D eigenvalue weighted by Gasteiger charge is -2.24. The number of nitrogens with one attached hydrogen (secondary N) is 1. The molecular formula is C14H24N2OS. The number of H-pyrrole nitrogens is 1. The largest absolute Gasteiger partial charge is 0.370 e. The van der Waals surface area contributed by atoms with E-state index >= 15 is 0 Å². The highest BCUT2D eigenvalue weighted by Crippen LogP contribution is 2.26. The van der Waals surface area contributed by atoms with Crippen LogP contribution in [-0.4, -0.2) is 16.6 Å². The van der Waals surface area contributed by atoms with Gasteiger partial charge in [0, 0.05) is 17.7 Å². The van der Waals surface area contributed by atoms with Crippen LogP contribution >= 0.6 is 12.2 Å². The van der Waals surface area contributed by atoms with E-state index in [9.17, 15) is 0 Å². The number of aromatic amines is 1. The third kappa shape index (κ3) is 3.89. The van der Waals surface area contributed by atoms with E-state index in [2.05, 4.69) is 44.6 Å². The highest BCUT2D eigenvalue weighted by Gasteiger charge is 2.21. The summed E-state index contributed by atoms with van der Waals surface area (Å²) in [5, 5.41) is 0. The van der Waals surface area contributed by atoms with Gasteiger partial charge in [-0.25, -0.2) is 4.98 Å². The third-order valence-electron chi connectivity index (χ3n) is 2.79. The molecule has 1 aromatic heterocycles. The summed E-state index contributed by atoms with van der Waals surface area (Å²) in [4.78, 5) is 7.81. The fourth-order valence-electron chi connectivity index (χ4n) is 1.78. The Labute approximate surface area is 115 Å². The molecule has 1 unspecified atom stereocenters.